The molecule has 57 heavy (non-hydrogen) atoms. The molecule has 1 aliphatic carbocycles. The Bertz CT molecular complexity index is 3150. The Kier molecular flexibility index (Phi) is 7.55. The van der Waals surface area contributed by atoms with E-state index in [1.165, 1.54) is 60.8 Å². The number of nitrogens with zero attached hydrogens (tertiary/aromatic N) is 1. The van der Waals surface area contributed by atoms with Crippen LogP contribution in [0.25, 0.3) is 77.2 Å². The van der Waals surface area contributed by atoms with Crippen molar-refractivity contribution < 1.29 is 4.42 Å². The van der Waals surface area contributed by atoms with Crippen molar-refractivity contribution in [3.63, 3.8) is 0 Å². The quantitative estimate of drug-likeness (QED) is 0.169. The molecule has 9 aromatic carbocycles. The third-order valence-electron chi connectivity index (χ3n) is 12.1. The van der Waals surface area contributed by atoms with Gasteiger partial charge in [0.25, 0.3) is 0 Å². The molecule has 0 amide bonds. The minimum atomic E-state index is -0.113. The average molecular weight is 730 g/mol. The van der Waals surface area contributed by atoms with Crippen molar-refractivity contribution in [2.75, 3.05) is 4.90 Å². The number of hydrogen-bond donors (Lipinski definition) is 0. The molecule has 10 aromatic rings. The predicted octanol–water partition coefficient (Wildman–Crippen LogP) is 15.5. The minimum Gasteiger partial charge on any atom is -0.456 e. The maximum absolute atomic E-state index is 6.44. The van der Waals surface area contributed by atoms with Crippen LogP contribution >= 0.6 is 0 Å². The van der Waals surface area contributed by atoms with Crippen molar-refractivity contribution in [1.82, 2.24) is 0 Å². The van der Waals surface area contributed by atoms with Gasteiger partial charge in [-0.15, -0.1) is 0 Å². The van der Waals surface area contributed by atoms with E-state index in [1.807, 2.05) is 6.07 Å². The van der Waals surface area contributed by atoms with E-state index in [1.54, 1.807) is 0 Å². The summed E-state index contributed by atoms with van der Waals surface area (Å²) in [6.45, 7) is 4.70. The molecule has 0 fully saturated rings. The van der Waals surface area contributed by atoms with E-state index < -0.39 is 0 Å². The Labute approximate surface area is 332 Å². The van der Waals surface area contributed by atoms with Gasteiger partial charge in [0, 0.05) is 38.8 Å². The Balaban J connectivity index is 1.08. The van der Waals surface area contributed by atoms with Crippen molar-refractivity contribution in [3.8, 4) is 44.5 Å². The van der Waals surface area contributed by atoms with E-state index in [-0.39, 0.29) is 5.41 Å². The summed E-state index contributed by atoms with van der Waals surface area (Å²) in [5, 5.41) is 4.71. The number of furan rings is 1. The smallest absolute Gasteiger partial charge is 0.136 e. The Morgan fingerprint density at radius 1 is 0.386 bits per heavy atom. The first-order chi connectivity index (χ1) is 28.0. The molecule has 0 saturated carbocycles. The van der Waals surface area contributed by atoms with Crippen LogP contribution in [0.3, 0.4) is 0 Å². The molecule has 2 heteroatoms. The molecule has 11 rings (SSSR count). The van der Waals surface area contributed by atoms with Crippen LogP contribution in [0.1, 0.15) is 25.0 Å². The zero-order valence-electron chi connectivity index (χ0n) is 31.9. The van der Waals surface area contributed by atoms with Gasteiger partial charge in [-0.05, 0) is 115 Å². The van der Waals surface area contributed by atoms with E-state index in [0.717, 1.165) is 44.6 Å². The molecule has 1 heterocycles. The van der Waals surface area contributed by atoms with Gasteiger partial charge in [0.1, 0.15) is 11.2 Å². The highest BCUT2D eigenvalue weighted by Gasteiger charge is 2.35. The van der Waals surface area contributed by atoms with Gasteiger partial charge in [-0.1, -0.05) is 159 Å². The molecule has 0 unspecified atom stereocenters. The van der Waals surface area contributed by atoms with Crippen LogP contribution < -0.4 is 4.90 Å². The predicted molar refractivity (Wildman–Crippen MR) is 240 cm³/mol. The van der Waals surface area contributed by atoms with Gasteiger partial charge in [0.2, 0.25) is 0 Å². The van der Waals surface area contributed by atoms with Gasteiger partial charge in [-0.3, -0.25) is 0 Å². The molecule has 0 radical (unpaired) electrons. The fourth-order valence-corrected chi connectivity index (χ4v) is 9.23. The molecular formula is C55H39NO. The maximum atomic E-state index is 6.44. The lowest BCUT2D eigenvalue weighted by molar-refractivity contribution is 0.660. The molecule has 0 spiro atoms. The number of anilines is 3. The molecule has 0 bridgehead atoms. The Hall–Kier alpha value is -7.16. The lowest BCUT2D eigenvalue weighted by atomic mass is 9.82. The van der Waals surface area contributed by atoms with Crippen LogP contribution in [-0.4, -0.2) is 0 Å². The summed E-state index contributed by atoms with van der Waals surface area (Å²) in [6, 6.07) is 72.7. The summed E-state index contributed by atoms with van der Waals surface area (Å²) >= 11 is 0. The third-order valence-corrected chi connectivity index (χ3v) is 12.1. The molecule has 0 N–H and O–H groups in total. The van der Waals surface area contributed by atoms with E-state index in [9.17, 15) is 0 Å². The summed E-state index contributed by atoms with van der Waals surface area (Å²) in [4.78, 5) is 2.41. The van der Waals surface area contributed by atoms with E-state index >= 15 is 0 Å². The molecule has 1 aromatic heterocycles. The Morgan fingerprint density at radius 3 is 1.93 bits per heavy atom. The topological polar surface area (TPSA) is 16.4 Å². The largest absolute Gasteiger partial charge is 0.456 e. The molecule has 0 atom stereocenters. The highest BCUT2D eigenvalue weighted by atomic mass is 16.3. The number of benzene rings is 9. The highest BCUT2D eigenvalue weighted by molar-refractivity contribution is 6.16. The van der Waals surface area contributed by atoms with Crippen molar-refractivity contribution in [1.29, 1.82) is 0 Å². The van der Waals surface area contributed by atoms with Crippen LogP contribution in [-0.2, 0) is 5.41 Å². The summed E-state index contributed by atoms with van der Waals surface area (Å²) in [7, 11) is 0. The fourth-order valence-electron chi connectivity index (χ4n) is 9.23. The average Bonchev–Trinajstić information content (AvgIpc) is 3.76. The second-order valence-corrected chi connectivity index (χ2v) is 15.7. The normalized spacial score (nSPS) is 12.9. The summed E-state index contributed by atoms with van der Waals surface area (Å²) in [5.74, 6) is 0. The lowest BCUT2D eigenvalue weighted by Crippen LogP contribution is -2.16. The molecule has 270 valence electrons. The van der Waals surface area contributed by atoms with Crippen LogP contribution in [0, 0.1) is 0 Å². The summed E-state index contributed by atoms with van der Waals surface area (Å²) in [6.07, 6.45) is 0. The maximum Gasteiger partial charge on any atom is 0.136 e. The molecule has 1 aliphatic rings. The zero-order chi connectivity index (χ0) is 38.1. The van der Waals surface area contributed by atoms with Crippen LogP contribution in [0.2, 0.25) is 0 Å². The summed E-state index contributed by atoms with van der Waals surface area (Å²) in [5.41, 5.74) is 17.5. The standard InChI is InChI=1S/C55H39NO/c1-55(2)49-21-10-8-19-46(49)47-30-29-44(35-50(47)55)56(43-18-12-17-40(34-43)36-13-4-3-5-14-36)42-27-25-38(26-28-42)45-31-32-52-54(48-20-9-11-22-51(48)57-52)53(45)41-24-23-37-15-6-7-16-39(37)33-41/h3-35H,1-2H3. The monoisotopic (exact) mass is 729 g/mol. The first-order valence-electron chi connectivity index (χ1n) is 19.8. The van der Waals surface area contributed by atoms with Gasteiger partial charge in [0.15, 0.2) is 0 Å². The van der Waals surface area contributed by atoms with Gasteiger partial charge in [-0.25, -0.2) is 0 Å². The van der Waals surface area contributed by atoms with E-state index in [2.05, 4.69) is 213 Å². The SMILES string of the molecule is CC1(C)c2ccccc2-c2ccc(N(c3ccc(-c4ccc5oc6ccccc6c5c4-c4ccc5ccccc5c4)cc3)c3cccc(-c4ccccc4)c3)cc21. The first-order valence-corrected chi connectivity index (χ1v) is 19.8. The second kappa shape index (κ2) is 13.0. The van der Waals surface area contributed by atoms with Crippen molar-refractivity contribution >= 4 is 49.8 Å². The second-order valence-electron chi connectivity index (χ2n) is 15.7. The molecule has 2 nitrogen and oxygen atoms in total. The number of rotatable bonds is 6. The minimum absolute atomic E-state index is 0.113. The zero-order valence-corrected chi connectivity index (χ0v) is 31.9. The highest BCUT2D eigenvalue weighted by Crippen LogP contribution is 2.51. The van der Waals surface area contributed by atoms with E-state index in [0.29, 0.717) is 0 Å². The van der Waals surface area contributed by atoms with Gasteiger partial charge in [-0.2, -0.15) is 0 Å². The number of fused-ring (bicyclic) bond motifs is 7. The molecule has 0 aliphatic heterocycles. The van der Waals surface area contributed by atoms with Crippen LogP contribution in [0.15, 0.2) is 205 Å². The summed E-state index contributed by atoms with van der Waals surface area (Å²) < 4.78 is 6.44. The Morgan fingerprint density at radius 2 is 1.05 bits per heavy atom. The third kappa shape index (κ3) is 5.40. The molecular weight excluding hydrogens is 691 g/mol. The van der Waals surface area contributed by atoms with Crippen molar-refractivity contribution in [2.45, 2.75) is 19.3 Å². The number of hydrogen-bond acceptors (Lipinski definition) is 2. The van der Waals surface area contributed by atoms with E-state index in [4.69, 9.17) is 4.42 Å². The van der Waals surface area contributed by atoms with Crippen molar-refractivity contribution in [2.24, 2.45) is 0 Å². The van der Waals surface area contributed by atoms with Crippen LogP contribution in [0.5, 0.6) is 0 Å². The lowest BCUT2D eigenvalue weighted by Gasteiger charge is -2.28. The van der Waals surface area contributed by atoms with Gasteiger partial charge < -0.3 is 9.32 Å². The number of para-hydroxylation sites is 1. The van der Waals surface area contributed by atoms with Crippen LogP contribution in [0.4, 0.5) is 17.1 Å². The van der Waals surface area contributed by atoms with Gasteiger partial charge in [0.05, 0.1) is 0 Å². The first kappa shape index (κ1) is 33.2. The van der Waals surface area contributed by atoms with Crippen molar-refractivity contribution in [3.05, 3.63) is 211 Å². The fraction of sp³-hybridized carbons (Fsp3) is 0.0545. The molecule has 0 saturated heterocycles. The van der Waals surface area contributed by atoms with Gasteiger partial charge >= 0.3 is 0 Å².